The summed E-state index contributed by atoms with van der Waals surface area (Å²) in [5.41, 5.74) is 3.07. The molecule has 0 unspecified atom stereocenters. The smallest absolute Gasteiger partial charge is 0.406 e. The topological polar surface area (TPSA) is 45.0 Å². The zero-order valence-corrected chi connectivity index (χ0v) is 17.8. The van der Waals surface area contributed by atoms with Gasteiger partial charge in [-0.3, -0.25) is 0 Å². The molecule has 3 nitrogen and oxygen atoms in total. The predicted octanol–water partition coefficient (Wildman–Crippen LogP) is 7.03. The summed E-state index contributed by atoms with van der Waals surface area (Å²) in [6, 6.07) is 14.6. The van der Waals surface area contributed by atoms with Crippen molar-refractivity contribution in [3.8, 4) is 22.3 Å². The average Bonchev–Trinajstić information content (AvgIpc) is 3.07. The van der Waals surface area contributed by atoms with Gasteiger partial charge in [0.25, 0.3) is 0 Å². The highest BCUT2D eigenvalue weighted by atomic mass is 32.1. The Hall–Kier alpha value is -2.98. The Morgan fingerprint density at radius 2 is 1.87 bits per heavy atom. The van der Waals surface area contributed by atoms with E-state index in [1.165, 1.54) is 23.5 Å². The molecule has 2 aromatic carbocycles. The molecule has 0 radical (unpaired) electrons. The Kier molecular flexibility index (Phi) is 6.09. The van der Waals surface area contributed by atoms with E-state index in [1.54, 1.807) is 13.0 Å². The van der Waals surface area contributed by atoms with E-state index in [4.69, 9.17) is 0 Å². The number of alkyl halides is 3. The van der Waals surface area contributed by atoms with Gasteiger partial charge in [-0.15, -0.1) is 24.5 Å². The number of nitrogens with one attached hydrogen (secondary N) is 1. The van der Waals surface area contributed by atoms with Gasteiger partial charge in [0, 0.05) is 15.6 Å². The molecule has 156 valence electrons. The Bertz CT molecular complexity index is 1150. The predicted molar refractivity (Wildman–Crippen MR) is 115 cm³/mol. The van der Waals surface area contributed by atoms with Crippen molar-refractivity contribution in [1.29, 1.82) is 5.26 Å². The van der Waals surface area contributed by atoms with Crippen molar-refractivity contribution in [2.24, 2.45) is 0 Å². The minimum absolute atomic E-state index is 0.00881. The van der Waals surface area contributed by atoms with Crippen LogP contribution >= 0.6 is 11.3 Å². The van der Waals surface area contributed by atoms with Gasteiger partial charge in [-0.2, -0.15) is 5.26 Å². The van der Waals surface area contributed by atoms with Crippen LogP contribution in [0.25, 0.3) is 26.1 Å². The van der Waals surface area contributed by atoms with Crippen LogP contribution in [0.4, 0.5) is 13.2 Å². The van der Waals surface area contributed by atoms with Gasteiger partial charge in [0.05, 0.1) is 0 Å². The Labute approximate surface area is 177 Å². The molecule has 7 heteroatoms. The monoisotopic (exact) mass is 430 g/mol. The summed E-state index contributed by atoms with van der Waals surface area (Å²) < 4.78 is 44.0. The van der Waals surface area contributed by atoms with Crippen molar-refractivity contribution in [1.82, 2.24) is 5.32 Å². The molecule has 3 rings (SSSR count). The van der Waals surface area contributed by atoms with E-state index < -0.39 is 6.36 Å². The normalized spacial score (nSPS) is 12.6. The van der Waals surface area contributed by atoms with Crippen molar-refractivity contribution in [2.75, 3.05) is 0 Å². The van der Waals surface area contributed by atoms with E-state index in [-0.39, 0.29) is 11.8 Å². The van der Waals surface area contributed by atoms with E-state index in [0.29, 0.717) is 22.4 Å². The summed E-state index contributed by atoms with van der Waals surface area (Å²) in [5, 5.41) is 13.6. The van der Waals surface area contributed by atoms with E-state index in [0.717, 1.165) is 20.5 Å². The highest BCUT2D eigenvalue weighted by Gasteiger charge is 2.31. The van der Waals surface area contributed by atoms with Crippen molar-refractivity contribution in [3.63, 3.8) is 0 Å². The quantitative estimate of drug-likeness (QED) is 0.442. The summed E-state index contributed by atoms with van der Waals surface area (Å²) in [4.78, 5) is 0.826. The first-order chi connectivity index (χ1) is 14.1. The van der Waals surface area contributed by atoms with Gasteiger partial charge < -0.3 is 10.1 Å². The number of hydrogen-bond acceptors (Lipinski definition) is 4. The van der Waals surface area contributed by atoms with Crippen LogP contribution < -0.4 is 10.1 Å². The molecule has 3 aromatic rings. The summed E-state index contributed by atoms with van der Waals surface area (Å²) in [6.45, 7) is 7.47. The number of fused-ring (bicyclic) bond motifs is 1. The maximum Gasteiger partial charge on any atom is 0.573 e. The molecule has 0 saturated heterocycles. The lowest BCUT2D eigenvalue weighted by atomic mass is 10.0. The maximum atomic E-state index is 12.9. The molecule has 0 aliphatic heterocycles. The summed E-state index contributed by atoms with van der Waals surface area (Å²) in [5.74, 6) is -0.315. The van der Waals surface area contributed by atoms with Gasteiger partial charge in [0.15, 0.2) is 0 Å². The number of nitrogens with zero attached hydrogens (tertiary/aromatic N) is 1. The molecule has 0 saturated carbocycles. The number of halogens is 3. The molecule has 1 aromatic heterocycles. The van der Waals surface area contributed by atoms with Gasteiger partial charge >= 0.3 is 6.36 Å². The molecular formula is C23H21F3N2OS. The molecule has 1 heterocycles. The third-order valence-corrected chi connectivity index (χ3v) is 5.61. The minimum Gasteiger partial charge on any atom is -0.406 e. The summed E-state index contributed by atoms with van der Waals surface area (Å²) in [6.07, 6.45) is -4.81. The molecule has 30 heavy (non-hydrogen) atoms. The van der Waals surface area contributed by atoms with Crippen molar-refractivity contribution >= 4 is 27.0 Å². The third-order valence-electron chi connectivity index (χ3n) is 4.45. The van der Waals surface area contributed by atoms with E-state index >= 15 is 0 Å². The van der Waals surface area contributed by atoms with Crippen LogP contribution in [-0.4, -0.2) is 12.4 Å². The fourth-order valence-corrected chi connectivity index (χ4v) is 4.14. The average molecular weight is 430 g/mol. The Morgan fingerprint density at radius 3 is 2.50 bits per heavy atom. The molecule has 0 bridgehead atoms. The minimum atomic E-state index is -4.81. The van der Waals surface area contributed by atoms with Crippen LogP contribution in [-0.2, 0) is 0 Å². The molecule has 1 N–H and O–H groups in total. The maximum absolute atomic E-state index is 12.9. The second kappa shape index (κ2) is 8.41. The molecule has 0 spiro atoms. The van der Waals surface area contributed by atoms with Crippen molar-refractivity contribution in [3.05, 3.63) is 59.3 Å². The molecular weight excluding hydrogens is 409 g/mol. The molecule has 0 aliphatic rings. The van der Waals surface area contributed by atoms with Crippen LogP contribution in [0.1, 0.15) is 31.9 Å². The first-order valence-corrected chi connectivity index (χ1v) is 10.2. The first kappa shape index (κ1) is 21.7. The van der Waals surface area contributed by atoms with E-state index in [2.05, 4.69) is 16.1 Å². The lowest BCUT2D eigenvalue weighted by molar-refractivity contribution is -0.274. The second-order valence-corrected chi connectivity index (χ2v) is 8.44. The van der Waals surface area contributed by atoms with Crippen molar-refractivity contribution < 1.29 is 17.9 Å². The SMILES string of the molecule is C/C(=C(/C#N)NC(C)C)c1cc(OC(F)(F)F)cc(-c2cc3cc(C)ccc3s2)c1. The Balaban J connectivity index is 2.17. The number of hydrogen-bond donors (Lipinski definition) is 1. The number of rotatable bonds is 5. The first-order valence-electron chi connectivity index (χ1n) is 9.35. The molecule has 0 amide bonds. The van der Waals surface area contributed by atoms with Gasteiger partial charge in [-0.25, -0.2) is 0 Å². The number of thiophene rings is 1. The van der Waals surface area contributed by atoms with Crippen LogP contribution in [0.15, 0.2) is 48.2 Å². The van der Waals surface area contributed by atoms with Crippen LogP contribution in [0.5, 0.6) is 5.75 Å². The van der Waals surface area contributed by atoms with Gasteiger partial charge in [0.2, 0.25) is 0 Å². The van der Waals surface area contributed by atoms with Gasteiger partial charge in [-0.05, 0) is 80.1 Å². The summed E-state index contributed by atoms with van der Waals surface area (Å²) >= 11 is 1.50. The summed E-state index contributed by atoms with van der Waals surface area (Å²) in [7, 11) is 0. The number of allylic oxidation sites excluding steroid dienone is 2. The van der Waals surface area contributed by atoms with Crippen LogP contribution in [0, 0.1) is 18.3 Å². The van der Waals surface area contributed by atoms with E-state index in [1.807, 2.05) is 45.0 Å². The fourth-order valence-electron chi connectivity index (χ4n) is 3.11. The zero-order valence-electron chi connectivity index (χ0n) is 17.0. The number of nitriles is 1. The highest BCUT2D eigenvalue weighted by Crippen LogP contribution is 2.38. The zero-order chi connectivity index (χ0) is 22.1. The van der Waals surface area contributed by atoms with Gasteiger partial charge in [0.1, 0.15) is 17.5 Å². The molecule has 0 aliphatic carbocycles. The standard InChI is InChI=1S/C23H21F3N2OS/c1-13(2)28-20(12-27)15(4)16-8-18(10-19(9-16)29-23(24,25)26)22-11-17-7-14(3)5-6-21(17)30-22/h5-11,13,28H,1-4H3/b20-15+. The fraction of sp³-hybridized carbons (Fsp3) is 0.261. The number of ether oxygens (including phenoxy) is 1. The lowest BCUT2D eigenvalue weighted by Crippen LogP contribution is -2.22. The molecule has 0 atom stereocenters. The van der Waals surface area contributed by atoms with Crippen molar-refractivity contribution in [2.45, 2.75) is 40.1 Å². The largest absolute Gasteiger partial charge is 0.573 e. The second-order valence-electron chi connectivity index (χ2n) is 7.36. The number of aryl methyl sites for hydroxylation is 1. The Morgan fingerprint density at radius 1 is 1.13 bits per heavy atom. The third kappa shape index (κ3) is 5.14. The van der Waals surface area contributed by atoms with Crippen LogP contribution in [0.2, 0.25) is 0 Å². The highest BCUT2D eigenvalue weighted by molar-refractivity contribution is 7.22. The van der Waals surface area contributed by atoms with E-state index in [9.17, 15) is 18.4 Å². The van der Waals surface area contributed by atoms with Gasteiger partial charge in [-0.1, -0.05) is 17.7 Å². The molecule has 0 fully saturated rings. The number of benzene rings is 2. The van der Waals surface area contributed by atoms with Crippen LogP contribution in [0.3, 0.4) is 0 Å². The lowest BCUT2D eigenvalue weighted by Gasteiger charge is -2.15.